The first-order valence-corrected chi connectivity index (χ1v) is 9.52. The Morgan fingerprint density at radius 1 is 1.19 bits per heavy atom. The van der Waals surface area contributed by atoms with E-state index in [0.29, 0.717) is 30.5 Å². The van der Waals surface area contributed by atoms with Gasteiger partial charge < -0.3 is 9.64 Å². The van der Waals surface area contributed by atoms with Gasteiger partial charge in [-0.05, 0) is 18.1 Å². The van der Waals surface area contributed by atoms with Crippen LogP contribution in [0.15, 0.2) is 24.5 Å². The number of hydrogen-bond acceptors (Lipinski definition) is 7. The number of anilines is 1. The van der Waals surface area contributed by atoms with Crippen molar-refractivity contribution in [3.8, 4) is 11.4 Å². The second kappa shape index (κ2) is 7.09. The Morgan fingerprint density at radius 3 is 2.73 bits per heavy atom. The maximum absolute atomic E-state index is 11.1. The predicted octanol–water partition coefficient (Wildman–Crippen LogP) is 3.53. The van der Waals surface area contributed by atoms with Gasteiger partial charge in [0.1, 0.15) is 0 Å². The van der Waals surface area contributed by atoms with E-state index in [0.717, 1.165) is 41.0 Å². The molecule has 0 amide bonds. The molecule has 4 heterocycles. The van der Waals surface area contributed by atoms with Crippen LogP contribution in [-0.2, 0) is 4.74 Å². The maximum atomic E-state index is 11.1. The molecule has 3 aromatic rings. The summed E-state index contributed by atoms with van der Waals surface area (Å²) in [5, 5.41) is 0. The van der Waals surface area contributed by atoms with Gasteiger partial charge >= 0.3 is 0 Å². The van der Waals surface area contributed by atoms with Gasteiger partial charge in [-0.3, -0.25) is 9.78 Å². The molecule has 0 bridgehead atoms. The Bertz CT molecular complexity index is 948. The topological polar surface area (TPSA) is 68.2 Å². The highest BCUT2D eigenvalue weighted by atomic mass is 32.1. The van der Waals surface area contributed by atoms with E-state index in [2.05, 4.69) is 29.8 Å². The molecule has 3 aromatic heterocycles. The molecule has 1 aliphatic rings. The monoisotopic (exact) mass is 368 g/mol. The molecule has 1 saturated heterocycles. The van der Waals surface area contributed by atoms with Crippen LogP contribution in [0.4, 0.5) is 5.82 Å². The molecule has 0 unspecified atom stereocenters. The molecule has 0 saturated carbocycles. The van der Waals surface area contributed by atoms with Crippen molar-refractivity contribution < 1.29 is 9.53 Å². The van der Waals surface area contributed by atoms with Gasteiger partial charge in [-0.2, -0.15) is 0 Å². The van der Waals surface area contributed by atoms with Crippen molar-refractivity contribution in [1.82, 2.24) is 15.0 Å². The lowest BCUT2D eigenvalue weighted by atomic mass is 10.2. The molecule has 0 radical (unpaired) electrons. The highest BCUT2D eigenvalue weighted by Gasteiger charge is 2.20. The lowest BCUT2D eigenvalue weighted by Gasteiger charge is -2.28. The Balaban J connectivity index is 1.89. The number of pyridine rings is 1. The molecular weight excluding hydrogens is 348 g/mol. The first kappa shape index (κ1) is 17.1. The minimum absolute atomic E-state index is 0.440. The smallest absolute Gasteiger partial charge is 0.163 e. The van der Waals surface area contributed by atoms with E-state index in [1.54, 1.807) is 29.8 Å². The summed E-state index contributed by atoms with van der Waals surface area (Å²) in [6.07, 6.45) is 4.03. The van der Waals surface area contributed by atoms with E-state index in [9.17, 15) is 4.79 Å². The van der Waals surface area contributed by atoms with Crippen LogP contribution >= 0.6 is 11.3 Å². The summed E-state index contributed by atoms with van der Waals surface area (Å²) >= 11 is 1.76. The number of aldehydes is 1. The zero-order chi connectivity index (χ0) is 18.1. The average molecular weight is 368 g/mol. The van der Waals surface area contributed by atoms with E-state index >= 15 is 0 Å². The zero-order valence-corrected chi connectivity index (χ0v) is 15.6. The molecule has 7 heteroatoms. The van der Waals surface area contributed by atoms with Gasteiger partial charge in [-0.25, -0.2) is 9.97 Å². The summed E-state index contributed by atoms with van der Waals surface area (Å²) in [5.74, 6) is 1.99. The predicted molar refractivity (Wildman–Crippen MR) is 103 cm³/mol. The van der Waals surface area contributed by atoms with Gasteiger partial charge in [0.05, 0.1) is 23.4 Å². The molecule has 0 N–H and O–H groups in total. The molecule has 0 spiro atoms. The van der Waals surface area contributed by atoms with E-state index in [-0.39, 0.29) is 0 Å². The molecule has 26 heavy (non-hydrogen) atoms. The molecule has 1 aliphatic heterocycles. The van der Waals surface area contributed by atoms with Crippen LogP contribution in [0.2, 0.25) is 0 Å². The number of hydrogen-bond donors (Lipinski definition) is 0. The second-order valence-electron chi connectivity index (χ2n) is 6.61. The number of carbonyl (C=O) groups excluding carboxylic acids is 1. The van der Waals surface area contributed by atoms with Crippen LogP contribution < -0.4 is 4.90 Å². The molecule has 0 aliphatic carbocycles. The Labute approximate surface area is 155 Å². The first-order chi connectivity index (χ1) is 12.7. The molecule has 1 fully saturated rings. The van der Waals surface area contributed by atoms with Crippen molar-refractivity contribution in [2.75, 3.05) is 31.2 Å². The summed E-state index contributed by atoms with van der Waals surface area (Å²) in [5.41, 5.74) is 2.22. The number of carbonyl (C=O) groups is 1. The van der Waals surface area contributed by atoms with E-state index in [1.165, 1.54) is 4.88 Å². The number of fused-ring (bicyclic) bond motifs is 1. The minimum atomic E-state index is 0.440. The standard InChI is InChI=1S/C19H20N4O2S/c1-12(2)16-8-15-17(26-16)19(23-3-5-25-6-4-23)22-18(21-15)14-7-13(11-24)9-20-10-14/h7-12H,3-6H2,1-2H3. The van der Waals surface area contributed by atoms with Gasteiger partial charge in [0.25, 0.3) is 0 Å². The summed E-state index contributed by atoms with van der Waals surface area (Å²) < 4.78 is 6.60. The number of rotatable bonds is 4. The van der Waals surface area contributed by atoms with Crippen molar-refractivity contribution >= 4 is 33.7 Å². The number of aromatic nitrogens is 3. The molecule has 6 nitrogen and oxygen atoms in total. The van der Waals surface area contributed by atoms with Crippen molar-refractivity contribution in [2.24, 2.45) is 0 Å². The Kier molecular flexibility index (Phi) is 4.65. The fourth-order valence-corrected chi connectivity index (χ4v) is 4.10. The molecule has 4 rings (SSSR count). The van der Waals surface area contributed by atoms with Gasteiger partial charge in [0, 0.05) is 41.5 Å². The third kappa shape index (κ3) is 3.20. The number of ether oxygens (including phenoxy) is 1. The Hall–Kier alpha value is -2.38. The van der Waals surface area contributed by atoms with Crippen LogP contribution in [0.3, 0.4) is 0 Å². The van der Waals surface area contributed by atoms with Crippen LogP contribution in [0, 0.1) is 0 Å². The van der Waals surface area contributed by atoms with E-state index in [1.807, 2.05) is 0 Å². The quantitative estimate of drug-likeness (QED) is 0.656. The summed E-state index contributed by atoms with van der Waals surface area (Å²) in [6, 6.07) is 3.93. The highest BCUT2D eigenvalue weighted by molar-refractivity contribution is 7.19. The molecule has 0 aromatic carbocycles. The summed E-state index contributed by atoms with van der Waals surface area (Å²) in [7, 11) is 0. The number of nitrogens with zero attached hydrogens (tertiary/aromatic N) is 4. The zero-order valence-electron chi connectivity index (χ0n) is 14.8. The van der Waals surface area contributed by atoms with Gasteiger partial charge in [-0.15, -0.1) is 11.3 Å². The maximum Gasteiger partial charge on any atom is 0.163 e. The lowest BCUT2D eigenvalue weighted by Crippen LogP contribution is -2.36. The normalized spacial score (nSPS) is 15.0. The summed E-state index contributed by atoms with van der Waals surface area (Å²) in [6.45, 7) is 7.40. The van der Waals surface area contributed by atoms with Crippen LogP contribution in [-0.4, -0.2) is 47.5 Å². The second-order valence-corrected chi connectivity index (χ2v) is 7.70. The van der Waals surface area contributed by atoms with E-state index < -0.39 is 0 Å². The van der Waals surface area contributed by atoms with E-state index in [4.69, 9.17) is 14.7 Å². The molecule has 0 atom stereocenters. The van der Waals surface area contributed by atoms with Crippen molar-refractivity contribution in [3.05, 3.63) is 35.0 Å². The fraction of sp³-hybridized carbons (Fsp3) is 0.368. The minimum Gasteiger partial charge on any atom is -0.378 e. The van der Waals surface area contributed by atoms with Crippen LogP contribution in [0.25, 0.3) is 21.6 Å². The fourth-order valence-electron chi connectivity index (χ4n) is 2.98. The van der Waals surface area contributed by atoms with Crippen LogP contribution in [0.5, 0.6) is 0 Å². The average Bonchev–Trinajstić information content (AvgIpc) is 3.12. The largest absolute Gasteiger partial charge is 0.378 e. The number of thiophene rings is 1. The van der Waals surface area contributed by atoms with Gasteiger partial charge in [-0.1, -0.05) is 13.8 Å². The SMILES string of the molecule is CC(C)c1cc2nc(-c3cncc(C=O)c3)nc(N3CCOCC3)c2s1. The lowest BCUT2D eigenvalue weighted by molar-refractivity contribution is 0.112. The molecular formula is C19H20N4O2S. The molecule has 134 valence electrons. The highest BCUT2D eigenvalue weighted by Crippen LogP contribution is 2.36. The third-order valence-corrected chi connectivity index (χ3v) is 5.83. The van der Waals surface area contributed by atoms with Crippen molar-refractivity contribution in [1.29, 1.82) is 0 Å². The summed E-state index contributed by atoms with van der Waals surface area (Å²) in [4.78, 5) is 28.4. The van der Waals surface area contributed by atoms with Crippen molar-refractivity contribution in [2.45, 2.75) is 19.8 Å². The van der Waals surface area contributed by atoms with Gasteiger partial charge in [0.15, 0.2) is 17.9 Å². The first-order valence-electron chi connectivity index (χ1n) is 8.70. The third-order valence-electron chi connectivity index (χ3n) is 4.41. The Morgan fingerprint density at radius 2 is 2.00 bits per heavy atom. The van der Waals surface area contributed by atoms with Crippen molar-refractivity contribution in [3.63, 3.8) is 0 Å². The number of morpholine rings is 1. The van der Waals surface area contributed by atoms with Crippen LogP contribution in [0.1, 0.15) is 35.0 Å². The van der Waals surface area contributed by atoms with Gasteiger partial charge in [0.2, 0.25) is 0 Å².